The van der Waals surface area contributed by atoms with Crippen molar-refractivity contribution in [1.82, 2.24) is 30.9 Å². The van der Waals surface area contributed by atoms with Crippen molar-refractivity contribution in [2.75, 3.05) is 18.4 Å². The zero-order valence-electron chi connectivity index (χ0n) is 18.1. The summed E-state index contributed by atoms with van der Waals surface area (Å²) in [5.41, 5.74) is 7.76. The molecule has 4 aromatic rings. The van der Waals surface area contributed by atoms with E-state index in [9.17, 15) is 13.9 Å². The molecule has 0 saturated heterocycles. The fraction of sp³-hybridized carbons (Fsp3) is 0.174. The molecule has 1 atom stereocenters. The van der Waals surface area contributed by atoms with Crippen LogP contribution in [-0.2, 0) is 0 Å². The third-order valence-electron chi connectivity index (χ3n) is 5.35. The monoisotopic (exact) mass is 481 g/mol. The summed E-state index contributed by atoms with van der Waals surface area (Å²) >= 11 is 1.35. The number of aliphatic hydroxyl groups is 1. The van der Waals surface area contributed by atoms with Gasteiger partial charge in [0.1, 0.15) is 5.69 Å². The number of hydrogen-bond donors (Lipinski definition) is 4. The molecule has 0 fully saturated rings. The van der Waals surface area contributed by atoms with Crippen molar-refractivity contribution in [1.29, 1.82) is 0 Å². The second-order valence-corrected chi connectivity index (χ2v) is 8.74. The van der Waals surface area contributed by atoms with Crippen LogP contribution in [-0.4, -0.2) is 38.2 Å². The van der Waals surface area contributed by atoms with Crippen molar-refractivity contribution in [2.24, 2.45) is 0 Å². The van der Waals surface area contributed by atoms with Crippen LogP contribution in [0.15, 0.2) is 55.1 Å². The summed E-state index contributed by atoms with van der Waals surface area (Å²) in [7, 11) is 0. The van der Waals surface area contributed by atoms with E-state index in [1.54, 1.807) is 13.1 Å². The van der Waals surface area contributed by atoms with Crippen LogP contribution < -0.4 is 16.3 Å². The van der Waals surface area contributed by atoms with Crippen molar-refractivity contribution in [3.05, 3.63) is 72.5 Å². The maximum absolute atomic E-state index is 14.7. The Morgan fingerprint density at radius 2 is 2.06 bits per heavy atom. The van der Waals surface area contributed by atoms with E-state index in [-0.39, 0.29) is 5.69 Å². The summed E-state index contributed by atoms with van der Waals surface area (Å²) in [5.74, 6) is -0.856. The Bertz CT molecular complexity index is 1370. The third-order valence-corrected chi connectivity index (χ3v) is 6.54. The molecule has 5 rings (SSSR count). The molecule has 0 aliphatic carbocycles. The Balaban J connectivity index is 1.49. The van der Waals surface area contributed by atoms with E-state index >= 15 is 0 Å². The minimum atomic E-state index is -0.826. The summed E-state index contributed by atoms with van der Waals surface area (Å²) in [6.45, 7) is 2.78. The Morgan fingerprint density at radius 3 is 2.85 bits per heavy atom. The van der Waals surface area contributed by atoms with Crippen LogP contribution in [0.4, 0.5) is 14.7 Å². The topological polar surface area (TPSA) is 98.2 Å². The quantitative estimate of drug-likeness (QED) is 0.295. The molecule has 1 aliphatic heterocycles. The molecule has 1 unspecified atom stereocenters. The smallest absolute Gasteiger partial charge is 0.223 e. The number of pyridine rings is 1. The van der Waals surface area contributed by atoms with Crippen LogP contribution >= 0.6 is 11.3 Å². The summed E-state index contributed by atoms with van der Waals surface area (Å²) < 4.78 is 29.5. The molecule has 8 nitrogen and oxygen atoms in total. The molecule has 174 valence electrons. The van der Waals surface area contributed by atoms with Crippen LogP contribution in [0.5, 0.6) is 0 Å². The highest BCUT2D eigenvalue weighted by molar-refractivity contribution is 7.22. The third kappa shape index (κ3) is 4.40. The number of halogens is 2. The van der Waals surface area contributed by atoms with Gasteiger partial charge in [-0.1, -0.05) is 18.2 Å². The van der Waals surface area contributed by atoms with Gasteiger partial charge < -0.3 is 15.8 Å². The van der Waals surface area contributed by atoms with Gasteiger partial charge in [-0.05, 0) is 23.9 Å². The number of anilines is 1. The molecule has 11 heteroatoms. The molecule has 4 N–H and O–H groups in total. The number of hydrogen-bond acceptors (Lipinski definition) is 9. The maximum atomic E-state index is 14.7. The van der Waals surface area contributed by atoms with Crippen LogP contribution in [0.3, 0.4) is 0 Å². The van der Waals surface area contributed by atoms with E-state index in [0.29, 0.717) is 35.0 Å². The SMILES string of the molecule is CC(O)c1cnc(F)cc1-c1cccc2cc(-c3nc(NCCN4C=CNN4)ncc3F)sc12. The number of hydrazine groups is 2. The first kappa shape index (κ1) is 22.1. The van der Waals surface area contributed by atoms with E-state index in [2.05, 4.69) is 31.2 Å². The van der Waals surface area contributed by atoms with Gasteiger partial charge in [0, 0.05) is 47.0 Å². The second kappa shape index (κ2) is 9.29. The zero-order chi connectivity index (χ0) is 23.7. The van der Waals surface area contributed by atoms with Gasteiger partial charge in [-0.3, -0.25) is 5.01 Å². The summed E-state index contributed by atoms with van der Waals surface area (Å²) in [6.07, 6.45) is 5.29. The number of rotatable bonds is 7. The zero-order valence-corrected chi connectivity index (χ0v) is 18.9. The fourth-order valence-electron chi connectivity index (χ4n) is 3.73. The van der Waals surface area contributed by atoms with Crippen molar-refractivity contribution in [3.8, 4) is 21.7 Å². The molecule has 3 aromatic heterocycles. The Kier molecular flexibility index (Phi) is 6.05. The average molecular weight is 482 g/mol. The molecule has 1 aliphatic rings. The van der Waals surface area contributed by atoms with Gasteiger partial charge in [0.25, 0.3) is 0 Å². The van der Waals surface area contributed by atoms with Crippen molar-refractivity contribution < 1.29 is 13.9 Å². The number of nitrogens with zero attached hydrogens (tertiary/aromatic N) is 4. The summed E-state index contributed by atoms with van der Waals surface area (Å²) in [4.78, 5) is 12.7. The van der Waals surface area contributed by atoms with E-state index in [4.69, 9.17) is 0 Å². The fourth-order valence-corrected chi connectivity index (χ4v) is 4.91. The lowest BCUT2D eigenvalue weighted by atomic mass is 9.98. The standard InChI is InChI=1S/C23H21F2N7OS/c1-13(33)17-11-27-20(25)10-16(17)15-4-2-3-14-9-19(34-22(14)15)21-18(24)12-28-23(30-21)26-5-7-32-8-6-29-31-32/h2-4,6,8-13,29,31,33H,5,7H2,1H3,(H,26,28,30). The number of aromatic nitrogens is 3. The normalized spacial score (nSPS) is 13.9. The number of benzene rings is 1. The van der Waals surface area contributed by atoms with Gasteiger partial charge >= 0.3 is 0 Å². The van der Waals surface area contributed by atoms with Crippen LogP contribution in [0.1, 0.15) is 18.6 Å². The lowest BCUT2D eigenvalue weighted by Gasteiger charge is -2.15. The Labute approximate surface area is 197 Å². The first-order valence-corrected chi connectivity index (χ1v) is 11.4. The first-order valence-electron chi connectivity index (χ1n) is 10.6. The van der Waals surface area contributed by atoms with E-state index < -0.39 is 17.9 Å². The number of nitrogens with one attached hydrogen (secondary N) is 3. The lowest BCUT2D eigenvalue weighted by Crippen LogP contribution is -2.38. The van der Waals surface area contributed by atoms with Crippen molar-refractivity contribution >= 4 is 27.4 Å². The molecule has 1 aromatic carbocycles. The maximum Gasteiger partial charge on any atom is 0.223 e. The highest BCUT2D eigenvalue weighted by atomic mass is 32.1. The minimum absolute atomic E-state index is 0.183. The van der Waals surface area contributed by atoms with Crippen LogP contribution in [0, 0.1) is 11.8 Å². The van der Waals surface area contributed by atoms with Gasteiger partial charge in [0.2, 0.25) is 11.9 Å². The molecule has 0 radical (unpaired) electrons. The predicted molar refractivity (Wildman–Crippen MR) is 127 cm³/mol. The predicted octanol–water partition coefficient (Wildman–Crippen LogP) is 3.96. The number of aliphatic hydroxyl groups excluding tert-OH is 1. The van der Waals surface area contributed by atoms with E-state index in [1.807, 2.05) is 35.5 Å². The van der Waals surface area contributed by atoms with Crippen LogP contribution in [0.2, 0.25) is 0 Å². The lowest BCUT2D eigenvalue weighted by molar-refractivity contribution is 0.199. The molecule has 0 bridgehead atoms. The van der Waals surface area contributed by atoms with Gasteiger partial charge in [-0.25, -0.2) is 19.3 Å². The van der Waals surface area contributed by atoms with Crippen LogP contribution in [0.25, 0.3) is 31.8 Å². The molecule has 34 heavy (non-hydrogen) atoms. The second-order valence-electron chi connectivity index (χ2n) is 7.69. The van der Waals surface area contributed by atoms with Crippen molar-refractivity contribution in [2.45, 2.75) is 13.0 Å². The Morgan fingerprint density at radius 1 is 1.18 bits per heavy atom. The van der Waals surface area contributed by atoms with Crippen molar-refractivity contribution in [3.63, 3.8) is 0 Å². The molecule has 0 spiro atoms. The minimum Gasteiger partial charge on any atom is -0.389 e. The van der Waals surface area contributed by atoms with E-state index in [1.165, 1.54) is 23.6 Å². The van der Waals surface area contributed by atoms with Gasteiger partial charge in [-0.15, -0.1) is 16.9 Å². The highest BCUT2D eigenvalue weighted by Gasteiger charge is 2.18. The Hall–Kier alpha value is -3.67. The average Bonchev–Trinajstić information content (AvgIpc) is 3.49. The molecule has 0 saturated carbocycles. The summed E-state index contributed by atoms with van der Waals surface area (Å²) in [5, 5.41) is 16.0. The highest BCUT2D eigenvalue weighted by Crippen LogP contribution is 2.41. The number of fused-ring (bicyclic) bond motifs is 1. The molecular formula is C23H21F2N7OS. The summed E-state index contributed by atoms with van der Waals surface area (Å²) in [6, 6.07) is 8.76. The van der Waals surface area contributed by atoms with Gasteiger partial charge in [0.15, 0.2) is 5.82 Å². The van der Waals surface area contributed by atoms with E-state index in [0.717, 1.165) is 21.8 Å². The largest absolute Gasteiger partial charge is 0.389 e. The molecule has 4 heterocycles. The molecule has 0 amide bonds. The molecular weight excluding hydrogens is 460 g/mol. The number of thiophene rings is 1. The van der Waals surface area contributed by atoms with Gasteiger partial charge in [-0.2, -0.15) is 4.39 Å². The van der Waals surface area contributed by atoms with Gasteiger partial charge in [0.05, 0.1) is 23.7 Å². The first-order chi connectivity index (χ1) is 16.5.